The highest BCUT2D eigenvalue weighted by Gasteiger charge is 2.15. The number of halogens is 1. The fraction of sp³-hybridized carbons (Fsp3) is 0.0952. The normalized spacial score (nSPS) is 11.6. The zero-order valence-corrected chi connectivity index (χ0v) is 17.4. The fourth-order valence-electron chi connectivity index (χ4n) is 2.87. The summed E-state index contributed by atoms with van der Waals surface area (Å²) in [6.45, 7) is 2.09. The highest BCUT2D eigenvalue weighted by Crippen LogP contribution is 2.31. The van der Waals surface area contributed by atoms with E-state index in [0.29, 0.717) is 17.2 Å². The lowest BCUT2D eigenvalue weighted by molar-refractivity contribution is 0.601. The molecule has 0 fully saturated rings. The molecular weight excluding hydrogens is 440 g/mol. The van der Waals surface area contributed by atoms with Crippen LogP contribution in [0.3, 0.4) is 0 Å². The monoisotopic (exact) mass is 456 g/mol. The number of benzene rings is 3. The first-order valence-electron chi connectivity index (χ1n) is 8.73. The fourth-order valence-corrected chi connectivity index (χ4v) is 4.53. The second-order valence-corrected chi connectivity index (χ2v) is 8.83. The van der Waals surface area contributed by atoms with Gasteiger partial charge in [0, 0.05) is 11.3 Å². The Balaban J connectivity index is 1.62. The Morgan fingerprint density at radius 1 is 1.04 bits per heavy atom. The van der Waals surface area contributed by atoms with Gasteiger partial charge in [-0.1, -0.05) is 25.1 Å². The number of sulfonamides is 1. The van der Waals surface area contributed by atoms with E-state index in [2.05, 4.69) is 32.6 Å². The van der Waals surface area contributed by atoms with E-state index in [-0.39, 0.29) is 4.90 Å². The number of fused-ring (bicyclic) bond motifs is 1. The zero-order chi connectivity index (χ0) is 19.7. The maximum absolute atomic E-state index is 12.4. The molecule has 0 saturated heterocycles. The summed E-state index contributed by atoms with van der Waals surface area (Å²) in [5.41, 5.74) is 3.89. The SMILES string of the molecule is CCc1cc(Br)c2oc(-c3ccc(NS(=O)(=O)c4ccccc4)cc3)nc2c1. The third-order valence-electron chi connectivity index (χ3n) is 4.35. The van der Waals surface area contributed by atoms with Gasteiger partial charge in [0.05, 0.1) is 9.37 Å². The predicted octanol–water partition coefficient (Wildman–Crippen LogP) is 5.62. The van der Waals surface area contributed by atoms with Crippen LogP contribution in [0.25, 0.3) is 22.6 Å². The molecule has 0 aliphatic heterocycles. The van der Waals surface area contributed by atoms with Crippen LogP contribution >= 0.6 is 15.9 Å². The Morgan fingerprint density at radius 2 is 1.75 bits per heavy atom. The third-order valence-corrected chi connectivity index (χ3v) is 6.34. The minimum absolute atomic E-state index is 0.217. The minimum Gasteiger partial charge on any atom is -0.435 e. The van der Waals surface area contributed by atoms with Crippen molar-refractivity contribution in [3.8, 4) is 11.5 Å². The van der Waals surface area contributed by atoms with Crippen LogP contribution in [0, 0.1) is 0 Å². The Morgan fingerprint density at radius 3 is 2.43 bits per heavy atom. The number of nitrogens with one attached hydrogen (secondary N) is 1. The van der Waals surface area contributed by atoms with Gasteiger partial charge in [-0.2, -0.15) is 0 Å². The molecular formula is C21H17BrN2O3S. The van der Waals surface area contributed by atoms with Gasteiger partial charge < -0.3 is 4.42 Å². The molecule has 0 amide bonds. The van der Waals surface area contributed by atoms with Gasteiger partial charge in [-0.25, -0.2) is 13.4 Å². The molecule has 28 heavy (non-hydrogen) atoms. The lowest BCUT2D eigenvalue weighted by atomic mass is 10.1. The Bertz CT molecular complexity index is 1230. The summed E-state index contributed by atoms with van der Waals surface area (Å²) in [7, 11) is -3.62. The van der Waals surface area contributed by atoms with Gasteiger partial charge in [0.2, 0.25) is 5.89 Å². The average molecular weight is 457 g/mol. The van der Waals surface area contributed by atoms with Crippen LogP contribution in [0.1, 0.15) is 12.5 Å². The van der Waals surface area contributed by atoms with Crippen molar-refractivity contribution in [2.45, 2.75) is 18.2 Å². The van der Waals surface area contributed by atoms with E-state index in [4.69, 9.17) is 4.42 Å². The summed E-state index contributed by atoms with van der Waals surface area (Å²) in [6, 6.07) is 19.2. The van der Waals surface area contributed by atoms with Crippen LogP contribution in [0.2, 0.25) is 0 Å². The number of aromatic nitrogens is 1. The first-order valence-corrected chi connectivity index (χ1v) is 11.0. The highest BCUT2D eigenvalue weighted by atomic mass is 79.9. The number of oxazole rings is 1. The second kappa shape index (κ2) is 7.41. The number of anilines is 1. The van der Waals surface area contributed by atoms with E-state index in [1.807, 2.05) is 12.1 Å². The van der Waals surface area contributed by atoms with Crippen molar-refractivity contribution in [2.75, 3.05) is 4.72 Å². The lowest BCUT2D eigenvalue weighted by Gasteiger charge is -2.08. The molecule has 0 unspecified atom stereocenters. The predicted molar refractivity (Wildman–Crippen MR) is 114 cm³/mol. The molecule has 4 rings (SSSR count). The van der Waals surface area contributed by atoms with Gasteiger partial charge in [0.1, 0.15) is 5.52 Å². The van der Waals surface area contributed by atoms with Gasteiger partial charge in [0.15, 0.2) is 5.58 Å². The Kier molecular flexibility index (Phi) is 4.95. The van der Waals surface area contributed by atoms with Crippen LogP contribution in [0.5, 0.6) is 0 Å². The van der Waals surface area contributed by atoms with Gasteiger partial charge in [-0.05, 0) is 76.4 Å². The number of rotatable bonds is 5. The summed E-state index contributed by atoms with van der Waals surface area (Å²) in [6.07, 6.45) is 0.910. The van der Waals surface area contributed by atoms with Crippen LogP contribution in [-0.2, 0) is 16.4 Å². The number of aryl methyl sites for hydroxylation is 1. The van der Waals surface area contributed by atoms with Crippen molar-refractivity contribution in [1.82, 2.24) is 4.98 Å². The zero-order valence-electron chi connectivity index (χ0n) is 15.0. The summed E-state index contributed by atoms with van der Waals surface area (Å²) in [4.78, 5) is 4.79. The van der Waals surface area contributed by atoms with Gasteiger partial charge >= 0.3 is 0 Å². The van der Waals surface area contributed by atoms with Crippen LogP contribution in [-0.4, -0.2) is 13.4 Å². The maximum Gasteiger partial charge on any atom is 0.261 e. The molecule has 0 aliphatic carbocycles. The average Bonchev–Trinajstić information content (AvgIpc) is 3.13. The molecule has 5 nitrogen and oxygen atoms in total. The maximum atomic E-state index is 12.4. The summed E-state index contributed by atoms with van der Waals surface area (Å²) >= 11 is 3.53. The number of hydrogen-bond donors (Lipinski definition) is 1. The number of hydrogen-bond acceptors (Lipinski definition) is 4. The van der Waals surface area contributed by atoms with Crippen LogP contribution in [0.15, 0.2) is 80.5 Å². The van der Waals surface area contributed by atoms with E-state index in [9.17, 15) is 8.42 Å². The summed E-state index contributed by atoms with van der Waals surface area (Å²) in [5, 5.41) is 0. The second-order valence-electron chi connectivity index (χ2n) is 6.29. The quantitative estimate of drug-likeness (QED) is 0.422. The highest BCUT2D eigenvalue weighted by molar-refractivity contribution is 9.10. The van der Waals surface area contributed by atoms with Crippen LogP contribution < -0.4 is 4.72 Å². The molecule has 0 bridgehead atoms. The first-order chi connectivity index (χ1) is 13.5. The third kappa shape index (κ3) is 3.68. The van der Waals surface area contributed by atoms with Gasteiger partial charge in [0.25, 0.3) is 10.0 Å². The molecule has 142 valence electrons. The molecule has 3 aromatic carbocycles. The molecule has 1 N–H and O–H groups in total. The van der Waals surface area contributed by atoms with Crippen molar-refractivity contribution < 1.29 is 12.8 Å². The minimum atomic E-state index is -3.62. The Labute approximate surface area is 171 Å². The lowest BCUT2D eigenvalue weighted by Crippen LogP contribution is -2.12. The molecule has 0 radical (unpaired) electrons. The van der Waals surface area contributed by atoms with Gasteiger partial charge in [-0.15, -0.1) is 0 Å². The van der Waals surface area contributed by atoms with Crippen LogP contribution in [0.4, 0.5) is 5.69 Å². The number of nitrogens with zero attached hydrogens (tertiary/aromatic N) is 1. The molecule has 1 heterocycles. The molecule has 0 spiro atoms. The van der Waals surface area contributed by atoms with E-state index in [0.717, 1.165) is 22.0 Å². The molecule has 0 saturated carbocycles. The molecule has 7 heteroatoms. The Hall–Kier alpha value is -2.64. The molecule has 1 aromatic heterocycles. The first kappa shape index (κ1) is 18.7. The summed E-state index contributed by atoms with van der Waals surface area (Å²) in [5.74, 6) is 0.487. The van der Waals surface area contributed by atoms with E-state index >= 15 is 0 Å². The molecule has 4 aromatic rings. The van der Waals surface area contributed by atoms with Crippen molar-refractivity contribution in [3.63, 3.8) is 0 Å². The van der Waals surface area contributed by atoms with Crippen molar-refractivity contribution in [1.29, 1.82) is 0 Å². The van der Waals surface area contributed by atoms with E-state index < -0.39 is 10.0 Å². The standard InChI is InChI=1S/C21H17BrN2O3S/c1-2-14-12-18(22)20-19(13-14)23-21(27-20)15-8-10-16(11-9-15)24-28(25,26)17-6-4-3-5-7-17/h3-13,24H,2H2,1H3. The smallest absolute Gasteiger partial charge is 0.261 e. The molecule has 0 aliphatic rings. The van der Waals surface area contributed by atoms with Gasteiger partial charge in [-0.3, -0.25) is 4.72 Å². The molecule has 0 atom stereocenters. The van der Waals surface area contributed by atoms with Crippen molar-refractivity contribution in [3.05, 3.63) is 76.8 Å². The topological polar surface area (TPSA) is 72.2 Å². The van der Waals surface area contributed by atoms with E-state index in [1.54, 1.807) is 54.6 Å². The summed E-state index contributed by atoms with van der Waals surface area (Å²) < 4.78 is 34.2. The van der Waals surface area contributed by atoms with E-state index in [1.165, 1.54) is 5.56 Å². The largest absolute Gasteiger partial charge is 0.435 e. The van der Waals surface area contributed by atoms with Crippen molar-refractivity contribution in [2.24, 2.45) is 0 Å². The van der Waals surface area contributed by atoms with Crippen molar-refractivity contribution >= 4 is 42.7 Å².